The summed E-state index contributed by atoms with van der Waals surface area (Å²) in [6.07, 6.45) is 18.6. The van der Waals surface area contributed by atoms with Gasteiger partial charge in [-0.1, -0.05) is 78.1 Å². The minimum Gasteiger partial charge on any atom is -0.490 e. The third kappa shape index (κ3) is 9.60. The van der Waals surface area contributed by atoms with Gasteiger partial charge in [0.05, 0.1) is 13.2 Å². The summed E-state index contributed by atoms with van der Waals surface area (Å²) in [4.78, 5) is 8.72. The van der Waals surface area contributed by atoms with Crippen LogP contribution in [0.1, 0.15) is 90.9 Å². The van der Waals surface area contributed by atoms with Gasteiger partial charge in [0.1, 0.15) is 0 Å². The van der Waals surface area contributed by atoms with Crippen molar-refractivity contribution in [1.29, 1.82) is 0 Å². The summed E-state index contributed by atoms with van der Waals surface area (Å²) in [5, 5.41) is 0. The molecule has 0 saturated heterocycles. The van der Waals surface area contributed by atoms with Crippen molar-refractivity contribution in [2.45, 2.75) is 90.9 Å². The first kappa shape index (κ1) is 24.2. The fourth-order valence-corrected chi connectivity index (χ4v) is 3.46. The lowest BCUT2D eigenvalue weighted by atomic mass is 10.1. The molecule has 1 aromatic heterocycles. The van der Waals surface area contributed by atoms with Crippen LogP contribution in [-0.4, -0.2) is 23.2 Å². The first-order valence-corrected chi connectivity index (χ1v) is 12.0. The van der Waals surface area contributed by atoms with Crippen molar-refractivity contribution in [3.63, 3.8) is 0 Å². The molecule has 2 rings (SSSR count). The van der Waals surface area contributed by atoms with Gasteiger partial charge in [-0.05, 0) is 37.1 Å². The number of aromatic nitrogens is 2. The SMILES string of the molecule is CCCCCCCCOc1ccc(-c2ncccn2)cc1OCCCCCCCC. The molecule has 0 atom stereocenters. The monoisotopic (exact) mass is 412 g/mol. The number of rotatable bonds is 17. The molecule has 0 unspecified atom stereocenters. The molecule has 4 heteroatoms. The molecule has 4 nitrogen and oxygen atoms in total. The van der Waals surface area contributed by atoms with E-state index in [0.717, 1.165) is 43.1 Å². The Balaban J connectivity index is 1.88. The van der Waals surface area contributed by atoms with Gasteiger partial charge in [-0.2, -0.15) is 0 Å². The second-order valence-electron chi connectivity index (χ2n) is 7.97. The average Bonchev–Trinajstić information content (AvgIpc) is 2.79. The molecule has 0 N–H and O–H groups in total. The zero-order valence-corrected chi connectivity index (χ0v) is 19.1. The Morgan fingerprint density at radius 3 is 1.77 bits per heavy atom. The van der Waals surface area contributed by atoms with Crippen LogP contribution in [0.25, 0.3) is 11.4 Å². The maximum atomic E-state index is 6.14. The number of nitrogens with zero attached hydrogens (tertiary/aromatic N) is 2. The van der Waals surface area contributed by atoms with E-state index >= 15 is 0 Å². The van der Waals surface area contributed by atoms with Crippen LogP contribution < -0.4 is 9.47 Å². The number of unbranched alkanes of at least 4 members (excludes halogenated alkanes) is 10. The molecule has 1 heterocycles. The van der Waals surface area contributed by atoms with Crippen LogP contribution in [0.2, 0.25) is 0 Å². The van der Waals surface area contributed by atoms with Crippen LogP contribution in [0.5, 0.6) is 11.5 Å². The van der Waals surface area contributed by atoms with Crippen molar-refractivity contribution in [2.24, 2.45) is 0 Å². The summed E-state index contributed by atoms with van der Waals surface area (Å²) >= 11 is 0. The molecular formula is C26H40N2O2. The van der Waals surface area contributed by atoms with Crippen LogP contribution >= 0.6 is 0 Å². The van der Waals surface area contributed by atoms with Gasteiger partial charge in [0.2, 0.25) is 0 Å². The summed E-state index contributed by atoms with van der Waals surface area (Å²) in [5.41, 5.74) is 0.959. The molecule has 2 aromatic rings. The quantitative estimate of drug-likeness (QED) is 0.251. The predicted molar refractivity (Wildman–Crippen MR) is 125 cm³/mol. The lowest BCUT2D eigenvalue weighted by Gasteiger charge is -2.14. The summed E-state index contributed by atoms with van der Waals surface area (Å²) < 4.78 is 12.2. The predicted octanol–water partition coefficient (Wildman–Crippen LogP) is 7.62. The Morgan fingerprint density at radius 1 is 0.633 bits per heavy atom. The van der Waals surface area contributed by atoms with E-state index in [1.807, 2.05) is 24.3 Å². The first-order valence-electron chi connectivity index (χ1n) is 12.0. The Morgan fingerprint density at radius 2 is 1.17 bits per heavy atom. The molecule has 0 aliphatic rings. The highest BCUT2D eigenvalue weighted by molar-refractivity contribution is 5.60. The standard InChI is InChI=1S/C26H40N2O2/c1-3-5-7-9-11-13-20-29-24-17-16-23(26-27-18-15-19-28-26)22-25(24)30-21-14-12-10-8-6-4-2/h15-19,22H,3-14,20-21H2,1-2H3. The van der Waals surface area contributed by atoms with Gasteiger partial charge >= 0.3 is 0 Å². The van der Waals surface area contributed by atoms with E-state index in [-0.39, 0.29) is 0 Å². The smallest absolute Gasteiger partial charge is 0.161 e. The molecule has 0 aliphatic carbocycles. The Bertz CT molecular complexity index is 676. The second kappa shape index (κ2) is 15.7. The number of ether oxygens (including phenoxy) is 2. The molecule has 1 aromatic carbocycles. The van der Waals surface area contributed by atoms with Gasteiger partial charge in [-0.25, -0.2) is 9.97 Å². The van der Waals surface area contributed by atoms with Gasteiger partial charge in [0, 0.05) is 18.0 Å². The Kier molecular flexibility index (Phi) is 12.7. The van der Waals surface area contributed by atoms with Crippen molar-refractivity contribution >= 4 is 0 Å². The van der Waals surface area contributed by atoms with Crippen molar-refractivity contribution < 1.29 is 9.47 Å². The molecular weight excluding hydrogens is 372 g/mol. The average molecular weight is 413 g/mol. The molecule has 0 fully saturated rings. The minimum absolute atomic E-state index is 0.712. The number of benzene rings is 1. The van der Waals surface area contributed by atoms with Gasteiger partial charge in [-0.15, -0.1) is 0 Å². The third-order valence-electron chi connectivity index (χ3n) is 5.28. The molecule has 0 amide bonds. The largest absolute Gasteiger partial charge is 0.490 e. The molecule has 30 heavy (non-hydrogen) atoms. The molecule has 166 valence electrons. The number of hydrogen-bond acceptors (Lipinski definition) is 4. The fraction of sp³-hybridized carbons (Fsp3) is 0.615. The van der Waals surface area contributed by atoms with Crippen LogP contribution in [0.3, 0.4) is 0 Å². The van der Waals surface area contributed by atoms with Crippen molar-refractivity contribution in [2.75, 3.05) is 13.2 Å². The maximum absolute atomic E-state index is 6.14. The molecule has 0 bridgehead atoms. The van der Waals surface area contributed by atoms with Gasteiger partial charge in [0.15, 0.2) is 17.3 Å². The Hall–Kier alpha value is -2.10. The number of hydrogen-bond donors (Lipinski definition) is 0. The Labute approximate surface area is 183 Å². The minimum atomic E-state index is 0.712. The van der Waals surface area contributed by atoms with E-state index in [0.29, 0.717) is 5.82 Å². The van der Waals surface area contributed by atoms with E-state index in [2.05, 4.69) is 23.8 Å². The third-order valence-corrected chi connectivity index (χ3v) is 5.28. The van der Waals surface area contributed by atoms with E-state index in [4.69, 9.17) is 9.47 Å². The highest BCUT2D eigenvalue weighted by Crippen LogP contribution is 2.32. The second-order valence-corrected chi connectivity index (χ2v) is 7.97. The fourth-order valence-electron chi connectivity index (χ4n) is 3.46. The maximum Gasteiger partial charge on any atom is 0.161 e. The summed E-state index contributed by atoms with van der Waals surface area (Å²) in [6, 6.07) is 7.86. The van der Waals surface area contributed by atoms with E-state index in [1.165, 1.54) is 64.2 Å². The van der Waals surface area contributed by atoms with Crippen molar-refractivity contribution in [3.8, 4) is 22.9 Å². The van der Waals surface area contributed by atoms with E-state index < -0.39 is 0 Å². The van der Waals surface area contributed by atoms with Gasteiger partial charge < -0.3 is 9.47 Å². The highest BCUT2D eigenvalue weighted by Gasteiger charge is 2.10. The summed E-state index contributed by atoms with van der Waals surface area (Å²) in [6.45, 7) is 5.96. The van der Waals surface area contributed by atoms with Crippen LogP contribution in [0.4, 0.5) is 0 Å². The zero-order valence-electron chi connectivity index (χ0n) is 19.1. The zero-order chi connectivity index (χ0) is 21.3. The highest BCUT2D eigenvalue weighted by atomic mass is 16.5. The van der Waals surface area contributed by atoms with Crippen molar-refractivity contribution in [1.82, 2.24) is 9.97 Å². The van der Waals surface area contributed by atoms with E-state index in [1.54, 1.807) is 12.4 Å². The normalized spacial score (nSPS) is 10.9. The van der Waals surface area contributed by atoms with Crippen LogP contribution in [0, 0.1) is 0 Å². The lowest BCUT2D eigenvalue weighted by molar-refractivity contribution is 0.258. The van der Waals surface area contributed by atoms with Crippen LogP contribution in [-0.2, 0) is 0 Å². The van der Waals surface area contributed by atoms with E-state index in [9.17, 15) is 0 Å². The van der Waals surface area contributed by atoms with Crippen LogP contribution in [0.15, 0.2) is 36.7 Å². The van der Waals surface area contributed by atoms with Crippen molar-refractivity contribution in [3.05, 3.63) is 36.7 Å². The molecule has 0 aliphatic heterocycles. The molecule has 0 saturated carbocycles. The molecule has 0 radical (unpaired) electrons. The molecule has 0 spiro atoms. The summed E-state index contributed by atoms with van der Waals surface area (Å²) in [7, 11) is 0. The first-order chi connectivity index (χ1) is 14.8. The lowest BCUT2D eigenvalue weighted by Crippen LogP contribution is -2.03. The summed E-state index contributed by atoms with van der Waals surface area (Å²) in [5.74, 6) is 2.35. The van der Waals surface area contributed by atoms with Gasteiger partial charge in [-0.3, -0.25) is 0 Å². The van der Waals surface area contributed by atoms with Gasteiger partial charge in [0.25, 0.3) is 0 Å². The topological polar surface area (TPSA) is 44.2 Å².